The normalized spacial score (nSPS) is 25.1. The van der Waals surface area contributed by atoms with Gasteiger partial charge < -0.3 is 4.74 Å². The van der Waals surface area contributed by atoms with Gasteiger partial charge in [-0.05, 0) is 36.8 Å². The van der Waals surface area contributed by atoms with Crippen LogP contribution in [0, 0.1) is 0 Å². The van der Waals surface area contributed by atoms with E-state index in [2.05, 4.69) is 11.4 Å². The number of thiophene rings is 1. The average Bonchev–Trinajstić information content (AvgIpc) is 2.96. The fourth-order valence-corrected chi connectivity index (χ4v) is 3.52. The molecule has 0 radical (unpaired) electrons. The van der Waals surface area contributed by atoms with E-state index in [1.54, 1.807) is 11.3 Å². The van der Waals surface area contributed by atoms with Crippen LogP contribution in [-0.4, -0.2) is 29.1 Å². The summed E-state index contributed by atoms with van der Waals surface area (Å²) in [6, 6.07) is 3.19. The maximum atomic E-state index is 5.57. The lowest BCUT2D eigenvalue weighted by molar-refractivity contribution is 0.348. The topological polar surface area (TPSA) is 24.8 Å². The van der Waals surface area contributed by atoms with Crippen molar-refractivity contribution >= 4 is 34.6 Å². The van der Waals surface area contributed by atoms with E-state index in [1.165, 1.54) is 10.4 Å². The summed E-state index contributed by atoms with van der Waals surface area (Å²) in [5.74, 6) is 0. The molecule has 1 fully saturated rings. The number of rotatable bonds is 1. The third kappa shape index (κ3) is 1.98. The van der Waals surface area contributed by atoms with E-state index in [1.807, 2.05) is 11.8 Å². The molecule has 17 heavy (non-hydrogen) atoms. The minimum Gasteiger partial charge on any atom is -0.463 e. The van der Waals surface area contributed by atoms with Crippen molar-refractivity contribution in [1.82, 2.24) is 4.90 Å². The molecule has 90 valence electrons. The monoisotopic (exact) mass is 266 g/mol. The third-order valence-electron chi connectivity index (χ3n) is 3.19. The highest BCUT2D eigenvalue weighted by Crippen LogP contribution is 2.38. The Morgan fingerprint density at radius 3 is 3.35 bits per heavy atom. The fourth-order valence-electron chi connectivity index (χ4n) is 2.33. The zero-order chi connectivity index (χ0) is 11.8. The molecule has 0 aromatic carbocycles. The third-order valence-corrected chi connectivity index (χ3v) is 4.47. The van der Waals surface area contributed by atoms with Gasteiger partial charge in [-0.2, -0.15) is 0 Å². The smallest absolute Gasteiger partial charge is 0.293 e. The zero-order valence-corrected chi connectivity index (χ0v) is 11.3. The van der Waals surface area contributed by atoms with Crippen molar-refractivity contribution in [1.29, 1.82) is 0 Å². The van der Waals surface area contributed by atoms with Crippen LogP contribution in [0.25, 0.3) is 0 Å². The Balaban J connectivity index is 1.85. The van der Waals surface area contributed by atoms with Crippen molar-refractivity contribution in [2.24, 2.45) is 4.99 Å². The van der Waals surface area contributed by atoms with Gasteiger partial charge in [-0.25, -0.2) is 4.99 Å². The minimum absolute atomic E-state index is 0.273. The molecular weight excluding hydrogens is 252 g/mol. The molecule has 0 amide bonds. The zero-order valence-electron chi connectivity index (χ0n) is 9.68. The van der Waals surface area contributed by atoms with Crippen LogP contribution < -0.4 is 0 Å². The van der Waals surface area contributed by atoms with Gasteiger partial charge in [0.25, 0.3) is 6.02 Å². The molecule has 2 aliphatic rings. The molecule has 0 spiro atoms. The largest absolute Gasteiger partial charge is 0.463 e. The van der Waals surface area contributed by atoms with Crippen molar-refractivity contribution in [3.8, 4) is 0 Å². The molecule has 0 N–H and O–H groups in total. The lowest BCUT2D eigenvalue weighted by Gasteiger charge is -2.15. The molecule has 1 aliphatic heterocycles. The maximum absolute atomic E-state index is 5.57. The first-order valence-electron chi connectivity index (χ1n) is 5.80. The molecule has 2 heterocycles. The van der Waals surface area contributed by atoms with E-state index < -0.39 is 0 Å². The summed E-state index contributed by atoms with van der Waals surface area (Å²) >= 11 is 7.00. The highest BCUT2D eigenvalue weighted by atomic mass is 32.1. The minimum atomic E-state index is 0.273. The van der Waals surface area contributed by atoms with E-state index >= 15 is 0 Å². The number of hydrogen-bond donors (Lipinski definition) is 0. The molecule has 0 bridgehead atoms. The number of nitrogens with zero attached hydrogens (tertiary/aromatic N) is 2. The van der Waals surface area contributed by atoms with Gasteiger partial charge in [0.1, 0.15) is 6.61 Å². The van der Waals surface area contributed by atoms with E-state index in [4.69, 9.17) is 21.9 Å². The highest BCUT2D eigenvalue weighted by molar-refractivity contribution is 7.80. The van der Waals surface area contributed by atoms with Crippen LogP contribution in [0.15, 0.2) is 16.4 Å². The summed E-state index contributed by atoms with van der Waals surface area (Å²) in [6.07, 6.45) is 2.23. The van der Waals surface area contributed by atoms with Gasteiger partial charge in [-0.1, -0.05) is 12.2 Å². The van der Waals surface area contributed by atoms with E-state index in [0.29, 0.717) is 12.6 Å². The van der Waals surface area contributed by atoms with Gasteiger partial charge >= 0.3 is 0 Å². The molecule has 1 aliphatic carbocycles. The van der Waals surface area contributed by atoms with E-state index in [0.717, 1.165) is 24.4 Å². The van der Waals surface area contributed by atoms with Crippen molar-refractivity contribution in [3.05, 3.63) is 21.9 Å². The Labute approximate surface area is 110 Å². The van der Waals surface area contributed by atoms with Gasteiger partial charge in [0.05, 0.1) is 17.6 Å². The van der Waals surface area contributed by atoms with Crippen LogP contribution in [0.1, 0.15) is 29.8 Å². The molecular formula is C12H14N2OS2. The summed E-state index contributed by atoms with van der Waals surface area (Å²) < 4.78 is 5.57. The molecule has 0 saturated carbocycles. The van der Waals surface area contributed by atoms with Crippen LogP contribution in [0.3, 0.4) is 0 Å². The molecule has 3 nitrogen and oxygen atoms in total. The molecule has 1 atom stereocenters. The van der Waals surface area contributed by atoms with Crippen LogP contribution in [0.2, 0.25) is 0 Å². The van der Waals surface area contributed by atoms with Crippen molar-refractivity contribution < 1.29 is 4.74 Å². The van der Waals surface area contributed by atoms with Crippen LogP contribution >= 0.6 is 23.6 Å². The predicted molar refractivity (Wildman–Crippen MR) is 73.7 cm³/mol. The summed E-state index contributed by atoms with van der Waals surface area (Å²) in [4.78, 5) is 8.96. The maximum Gasteiger partial charge on any atom is 0.293 e. The summed E-state index contributed by atoms with van der Waals surface area (Å²) in [5.41, 5.74) is 1.45. The van der Waals surface area contributed by atoms with Gasteiger partial charge in [-0.15, -0.1) is 11.3 Å². The number of hydrogen-bond acceptors (Lipinski definition) is 4. The summed E-state index contributed by atoms with van der Waals surface area (Å²) in [6.45, 7) is 3.44. The van der Waals surface area contributed by atoms with E-state index in [-0.39, 0.29) is 6.04 Å². The van der Waals surface area contributed by atoms with Crippen LogP contribution in [0.4, 0.5) is 0 Å². The molecule has 3 rings (SSSR count). The lowest BCUT2D eigenvalue weighted by Crippen LogP contribution is -2.29. The Hall–Kier alpha value is -0.940. The second-order valence-corrected chi connectivity index (χ2v) is 5.83. The molecule has 1 unspecified atom stereocenters. The second kappa shape index (κ2) is 4.38. The number of amidine groups is 1. The van der Waals surface area contributed by atoms with Crippen LogP contribution in [-0.2, 0) is 11.2 Å². The van der Waals surface area contributed by atoms with Gasteiger partial charge in [-0.3, -0.25) is 4.90 Å². The van der Waals surface area contributed by atoms with Crippen molar-refractivity contribution in [2.75, 3.05) is 13.2 Å². The van der Waals surface area contributed by atoms with E-state index in [9.17, 15) is 0 Å². The molecule has 1 aromatic rings. The number of aliphatic imine (C=N–C) groups is 1. The fraction of sp³-hybridized carbons (Fsp3) is 0.500. The van der Waals surface area contributed by atoms with Crippen LogP contribution in [0.5, 0.6) is 0 Å². The first-order valence-corrected chi connectivity index (χ1v) is 7.09. The Morgan fingerprint density at radius 1 is 1.65 bits per heavy atom. The quantitative estimate of drug-likeness (QED) is 0.731. The Morgan fingerprint density at radius 2 is 2.53 bits per heavy atom. The predicted octanol–water partition coefficient (Wildman–Crippen LogP) is 2.77. The summed E-state index contributed by atoms with van der Waals surface area (Å²) in [7, 11) is 0. The summed E-state index contributed by atoms with van der Waals surface area (Å²) in [5, 5.41) is 2.15. The Bertz CT molecular complexity index is 481. The van der Waals surface area contributed by atoms with Crippen molar-refractivity contribution in [3.63, 3.8) is 0 Å². The Kier molecular flexibility index (Phi) is 2.88. The van der Waals surface area contributed by atoms with Crippen molar-refractivity contribution in [2.45, 2.75) is 25.8 Å². The number of thiocarbonyl (C=S) groups is 1. The highest BCUT2D eigenvalue weighted by Gasteiger charge is 2.28. The second-order valence-electron chi connectivity index (χ2n) is 4.30. The average molecular weight is 266 g/mol. The first-order chi connectivity index (χ1) is 8.25. The SMILES string of the molecule is CC(=S)N1CCOC1=NC1CCc2ccsc21. The molecule has 5 heteroatoms. The number of ether oxygens (including phenoxy) is 1. The number of fused-ring (bicyclic) bond motifs is 1. The molecule has 1 aromatic heterocycles. The number of aryl methyl sites for hydroxylation is 1. The lowest BCUT2D eigenvalue weighted by atomic mass is 10.3. The van der Waals surface area contributed by atoms with Gasteiger partial charge in [0, 0.05) is 4.88 Å². The molecule has 1 saturated heterocycles. The van der Waals surface area contributed by atoms with Gasteiger partial charge in [0.2, 0.25) is 0 Å². The first kappa shape index (κ1) is 11.2. The van der Waals surface area contributed by atoms with Gasteiger partial charge in [0.15, 0.2) is 0 Å². The standard InChI is InChI=1S/C12H14N2OS2/c1-8(16)14-5-6-15-12(14)13-10-3-2-9-4-7-17-11(9)10/h4,7,10H,2-3,5-6H2,1H3.